The molecule has 1 amide bonds. The number of nitrogens with zero attached hydrogens (tertiary/aromatic N) is 2. The van der Waals surface area contributed by atoms with Gasteiger partial charge in [-0.2, -0.15) is 0 Å². The molecule has 110 valence electrons. The molecule has 0 unspecified atom stereocenters. The van der Waals surface area contributed by atoms with Gasteiger partial charge in [0.25, 0.3) is 5.91 Å². The fourth-order valence-electron chi connectivity index (χ4n) is 1.52. The number of carbonyl (C=O) groups is 1. The van der Waals surface area contributed by atoms with Crippen molar-refractivity contribution in [2.75, 3.05) is 11.9 Å². The minimum Gasteiger partial charge on any atom is -0.392 e. The third-order valence-electron chi connectivity index (χ3n) is 2.60. The number of hydrogen-bond acceptors (Lipinski definition) is 6. The topological polar surface area (TPSA) is 96.4 Å². The number of rotatable bonds is 6. The van der Waals surface area contributed by atoms with Gasteiger partial charge in [-0.1, -0.05) is 6.07 Å². The fraction of sp³-hybridized carbons (Fsp3) is 0.214. The molecule has 2 aromatic rings. The Morgan fingerprint density at radius 1 is 1.19 bits per heavy atom. The van der Waals surface area contributed by atoms with E-state index < -0.39 is 0 Å². The number of aromatic nitrogens is 2. The van der Waals surface area contributed by atoms with Gasteiger partial charge in [-0.25, -0.2) is 15.4 Å². The molecule has 0 bridgehead atoms. The number of amides is 1. The lowest BCUT2D eigenvalue weighted by Gasteiger charge is -2.07. The second-order valence-electron chi connectivity index (χ2n) is 4.13. The average Bonchev–Trinajstić information content (AvgIpc) is 2.54. The van der Waals surface area contributed by atoms with Crippen LogP contribution in [0.2, 0.25) is 0 Å². The molecule has 0 fully saturated rings. The molecule has 2 heterocycles. The Kier molecular flexibility index (Phi) is 5.19. The number of aliphatic hydroxyl groups is 1. The van der Waals surface area contributed by atoms with Gasteiger partial charge < -0.3 is 10.4 Å². The number of pyridine rings is 2. The summed E-state index contributed by atoms with van der Waals surface area (Å²) in [5.41, 5.74) is 3.43. The van der Waals surface area contributed by atoms with Gasteiger partial charge in [0.1, 0.15) is 11.6 Å². The molecule has 0 aromatic carbocycles. The zero-order valence-electron chi connectivity index (χ0n) is 11.5. The molecule has 21 heavy (non-hydrogen) atoms. The van der Waals surface area contributed by atoms with E-state index in [4.69, 9.17) is 9.94 Å². The van der Waals surface area contributed by atoms with Crippen molar-refractivity contribution in [2.24, 2.45) is 0 Å². The Bertz CT molecular complexity index is 584. The first-order chi connectivity index (χ1) is 10.2. The molecule has 0 aliphatic rings. The third kappa shape index (κ3) is 4.23. The smallest absolute Gasteiger partial charge is 0.276 e. The van der Waals surface area contributed by atoms with Crippen LogP contribution in [-0.2, 0) is 11.4 Å². The van der Waals surface area contributed by atoms with Crippen LogP contribution in [0.4, 0.5) is 11.6 Å². The molecule has 0 atom stereocenters. The number of aliphatic hydroxyl groups excluding tert-OH is 1. The molecule has 7 heteroatoms. The zero-order chi connectivity index (χ0) is 15.1. The zero-order valence-corrected chi connectivity index (χ0v) is 11.5. The molecular formula is C14H16N4O3. The van der Waals surface area contributed by atoms with Crippen molar-refractivity contribution in [1.29, 1.82) is 0 Å². The van der Waals surface area contributed by atoms with Gasteiger partial charge in [-0.3, -0.25) is 9.63 Å². The van der Waals surface area contributed by atoms with Crippen molar-refractivity contribution in [3.63, 3.8) is 0 Å². The van der Waals surface area contributed by atoms with Crippen LogP contribution in [0.25, 0.3) is 0 Å². The fourth-order valence-corrected chi connectivity index (χ4v) is 1.52. The number of nitrogens with one attached hydrogen (secondary N) is 2. The summed E-state index contributed by atoms with van der Waals surface area (Å²) >= 11 is 0. The van der Waals surface area contributed by atoms with Crippen LogP contribution >= 0.6 is 0 Å². The summed E-state index contributed by atoms with van der Waals surface area (Å²) < 4.78 is 0. The van der Waals surface area contributed by atoms with Gasteiger partial charge in [-0.05, 0) is 30.7 Å². The van der Waals surface area contributed by atoms with Gasteiger partial charge >= 0.3 is 0 Å². The third-order valence-corrected chi connectivity index (χ3v) is 2.60. The first-order valence-electron chi connectivity index (χ1n) is 6.44. The lowest BCUT2D eigenvalue weighted by atomic mass is 10.2. The maximum absolute atomic E-state index is 11.6. The van der Waals surface area contributed by atoms with Crippen LogP contribution in [0.5, 0.6) is 0 Å². The van der Waals surface area contributed by atoms with Crippen LogP contribution in [-0.4, -0.2) is 27.6 Å². The van der Waals surface area contributed by atoms with Gasteiger partial charge in [0.2, 0.25) is 0 Å². The van der Waals surface area contributed by atoms with E-state index in [9.17, 15) is 4.79 Å². The molecule has 0 aliphatic carbocycles. The monoisotopic (exact) mass is 288 g/mol. The Morgan fingerprint density at radius 3 is 2.43 bits per heavy atom. The number of anilines is 2. The summed E-state index contributed by atoms with van der Waals surface area (Å²) in [5, 5.41) is 11.9. The highest BCUT2D eigenvalue weighted by molar-refractivity contribution is 5.93. The number of hydrogen-bond donors (Lipinski definition) is 3. The maximum atomic E-state index is 11.6. The van der Waals surface area contributed by atoms with E-state index in [0.29, 0.717) is 23.8 Å². The predicted molar refractivity (Wildman–Crippen MR) is 76.8 cm³/mol. The summed E-state index contributed by atoms with van der Waals surface area (Å²) in [6, 6.07) is 6.80. The molecule has 0 radical (unpaired) electrons. The van der Waals surface area contributed by atoms with E-state index in [1.165, 1.54) is 6.20 Å². The quantitative estimate of drug-likeness (QED) is 0.695. The second-order valence-corrected chi connectivity index (χ2v) is 4.13. The largest absolute Gasteiger partial charge is 0.392 e. The summed E-state index contributed by atoms with van der Waals surface area (Å²) in [4.78, 5) is 24.7. The molecular weight excluding hydrogens is 272 g/mol. The van der Waals surface area contributed by atoms with Crippen LogP contribution in [0.3, 0.4) is 0 Å². The van der Waals surface area contributed by atoms with Gasteiger partial charge in [-0.15, -0.1) is 0 Å². The maximum Gasteiger partial charge on any atom is 0.276 e. The molecule has 0 spiro atoms. The first-order valence-corrected chi connectivity index (χ1v) is 6.44. The minimum absolute atomic E-state index is 0.0465. The highest BCUT2D eigenvalue weighted by atomic mass is 16.6. The van der Waals surface area contributed by atoms with Crippen molar-refractivity contribution < 1.29 is 14.7 Å². The Balaban J connectivity index is 1.99. The van der Waals surface area contributed by atoms with Crippen molar-refractivity contribution >= 4 is 17.5 Å². The Labute approximate surface area is 122 Å². The summed E-state index contributed by atoms with van der Waals surface area (Å²) in [5.74, 6) is 0.819. The van der Waals surface area contributed by atoms with Crippen LogP contribution in [0, 0.1) is 0 Å². The lowest BCUT2D eigenvalue weighted by Crippen LogP contribution is -2.23. The normalized spacial score (nSPS) is 10.2. The molecule has 2 rings (SSSR count). The summed E-state index contributed by atoms with van der Waals surface area (Å²) in [6.45, 7) is 2.13. The van der Waals surface area contributed by atoms with E-state index in [1.807, 2.05) is 0 Å². The highest BCUT2D eigenvalue weighted by Gasteiger charge is 2.06. The van der Waals surface area contributed by atoms with Gasteiger partial charge in [0.15, 0.2) is 0 Å². The van der Waals surface area contributed by atoms with Gasteiger partial charge in [0.05, 0.1) is 18.8 Å². The summed E-state index contributed by atoms with van der Waals surface area (Å²) in [6.07, 6.45) is 3.02. The molecule has 3 N–H and O–H groups in total. The predicted octanol–water partition coefficient (Wildman–Crippen LogP) is 1.39. The molecule has 0 aliphatic heterocycles. The Hall–Kier alpha value is -2.51. The van der Waals surface area contributed by atoms with E-state index in [1.54, 1.807) is 37.4 Å². The second kappa shape index (κ2) is 7.32. The van der Waals surface area contributed by atoms with E-state index in [2.05, 4.69) is 20.8 Å². The number of hydroxylamine groups is 1. The number of carbonyl (C=O) groups excluding carboxylic acids is 1. The molecule has 2 aromatic heterocycles. The van der Waals surface area contributed by atoms with Gasteiger partial charge in [0, 0.05) is 12.4 Å². The van der Waals surface area contributed by atoms with Crippen molar-refractivity contribution in [1.82, 2.24) is 15.4 Å². The van der Waals surface area contributed by atoms with Crippen molar-refractivity contribution in [3.8, 4) is 0 Å². The average molecular weight is 288 g/mol. The molecule has 7 nitrogen and oxygen atoms in total. The van der Waals surface area contributed by atoms with Crippen LogP contribution in [0.15, 0.2) is 36.7 Å². The Morgan fingerprint density at radius 2 is 1.90 bits per heavy atom. The molecule has 0 saturated carbocycles. The standard InChI is InChI=1S/C14H16N4O3/c1-2-21-18-14(20)11-4-6-13(16-8-11)17-12-5-3-10(9-19)7-15-12/h3-8,19H,2,9H2,1H3,(H,18,20)(H,15,16,17). The first kappa shape index (κ1) is 14.9. The van der Waals surface area contributed by atoms with E-state index in [0.717, 1.165) is 5.56 Å². The SMILES string of the molecule is CCONC(=O)c1ccc(Nc2ccc(CO)cn2)nc1. The van der Waals surface area contributed by atoms with Crippen LogP contribution in [0.1, 0.15) is 22.8 Å². The highest BCUT2D eigenvalue weighted by Crippen LogP contribution is 2.12. The van der Waals surface area contributed by atoms with E-state index >= 15 is 0 Å². The molecule has 0 saturated heterocycles. The van der Waals surface area contributed by atoms with E-state index in [-0.39, 0.29) is 12.5 Å². The lowest BCUT2D eigenvalue weighted by molar-refractivity contribution is 0.0364. The van der Waals surface area contributed by atoms with Crippen molar-refractivity contribution in [2.45, 2.75) is 13.5 Å². The minimum atomic E-state index is -0.346. The van der Waals surface area contributed by atoms with Crippen LogP contribution < -0.4 is 10.8 Å². The summed E-state index contributed by atoms with van der Waals surface area (Å²) in [7, 11) is 0. The van der Waals surface area contributed by atoms with Crippen molar-refractivity contribution in [3.05, 3.63) is 47.8 Å².